The maximum atomic E-state index is 12.9. The van der Waals surface area contributed by atoms with Crippen LogP contribution in [0.2, 0.25) is 0 Å². The highest BCUT2D eigenvalue weighted by molar-refractivity contribution is 5.99. The second-order valence-corrected chi connectivity index (χ2v) is 9.37. The van der Waals surface area contributed by atoms with Crippen LogP contribution in [0.25, 0.3) is 0 Å². The fourth-order valence-electron chi connectivity index (χ4n) is 4.48. The molecule has 1 aliphatic rings. The average molecular weight is 594 g/mol. The van der Waals surface area contributed by atoms with Gasteiger partial charge >= 0.3 is 23.9 Å². The lowest BCUT2D eigenvalue weighted by Gasteiger charge is -2.27. The van der Waals surface area contributed by atoms with Crippen molar-refractivity contribution in [2.75, 3.05) is 21.3 Å². The molecule has 4 rings (SSSR count). The molecule has 0 spiro atoms. The quantitative estimate of drug-likeness (QED) is 0.291. The first-order valence-electron chi connectivity index (χ1n) is 12.9. The van der Waals surface area contributed by atoms with E-state index in [9.17, 15) is 24.0 Å². The van der Waals surface area contributed by atoms with Gasteiger partial charge in [-0.2, -0.15) is 0 Å². The minimum absolute atomic E-state index is 0.0343. The molecular formula is C31H31NO11. The van der Waals surface area contributed by atoms with Gasteiger partial charge in [-0.25, -0.2) is 9.59 Å². The zero-order chi connectivity index (χ0) is 31.7. The summed E-state index contributed by atoms with van der Waals surface area (Å²) in [6.45, 7) is 2.49. The number of esters is 3. The van der Waals surface area contributed by atoms with Gasteiger partial charge in [0.05, 0.1) is 26.9 Å². The summed E-state index contributed by atoms with van der Waals surface area (Å²) in [5.74, 6) is -2.28. The molecule has 12 nitrogen and oxygen atoms in total. The Morgan fingerprint density at radius 2 is 1.16 bits per heavy atom. The fraction of sp³-hybridized carbons (Fsp3) is 0.258. The lowest BCUT2D eigenvalue weighted by atomic mass is 9.95. The summed E-state index contributed by atoms with van der Waals surface area (Å²) in [5.41, 5.74) is 1.06. The number of carbonyl (C=O) groups is 5. The van der Waals surface area contributed by atoms with Crippen molar-refractivity contribution < 1.29 is 52.8 Å². The van der Waals surface area contributed by atoms with Gasteiger partial charge < -0.3 is 34.1 Å². The number of aromatic carboxylic acids is 1. The third-order valence-electron chi connectivity index (χ3n) is 6.38. The highest BCUT2D eigenvalue weighted by Crippen LogP contribution is 2.33. The number of hydrogen-bond acceptors (Lipinski definition) is 10. The van der Waals surface area contributed by atoms with E-state index >= 15 is 0 Å². The van der Waals surface area contributed by atoms with E-state index in [0.717, 1.165) is 11.1 Å². The molecule has 0 heterocycles. The molecule has 0 radical (unpaired) electrons. The fourth-order valence-corrected chi connectivity index (χ4v) is 4.48. The SMILES string of the molecule is COC(=O)C1(NC(=O)c2ccc(OC)c(OC(C)=O)c2)Cc2ccccc2C1.COc1ccc(C(=O)O)cc1OC(C)=O. The lowest BCUT2D eigenvalue weighted by Crippen LogP contribution is -2.56. The molecule has 0 atom stereocenters. The Bertz CT molecular complexity index is 1520. The van der Waals surface area contributed by atoms with Crippen molar-refractivity contribution in [1.82, 2.24) is 5.32 Å². The van der Waals surface area contributed by atoms with Crippen molar-refractivity contribution in [3.63, 3.8) is 0 Å². The minimum atomic E-state index is -1.18. The zero-order valence-corrected chi connectivity index (χ0v) is 24.2. The van der Waals surface area contributed by atoms with Crippen LogP contribution >= 0.6 is 0 Å². The van der Waals surface area contributed by atoms with E-state index in [4.69, 9.17) is 28.8 Å². The molecular weight excluding hydrogens is 562 g/mol. The van der Waals surface area contributed by atoms with E-state index < -0.39 is 35.3 Å². The second-order valence-electron chi connectivity index (χ2n) is 9.37. The molecule has 3 aromatic carbocycles. The number of benzene rings is 3. The Balaban J connectivity index is 0.000000285. The Kier molecular flexibility index (Phi) is 10.5. The van der Waals surface area contributed by atoms with E-state index in [1.165, 1.54) is 71.6 Å². The third kappa shape index (κ3) is 7.88. The molecule has 12 heteroatoms. The van der Waals surface area contributed by atoms with Gasteiger partial charge in [-0.3, -0.25) is 14.4 Å². The van der Waals surface area contributed by atoms with Gasteiger partial charge in [0, 0.05) is 32.3 Å². The molecule has 1 aliphatic carbocycles. The summed E-state index contributed by atoms with van der Waals surface area (Å²) in [5, 5.41) is 11.6. The zero-order valence-electron chi connectivity index (χ0n) is 24.2. The monoisotopic (exact) mass is 593 g/mol. The van der Waals surface area contributed by atoms with Crippen LogP contribution < -0.4 is 24.3 Å². The predicted octanol–water partition coefficient (Wildman–Crippen LogP) is 3.38. The first-order valence-corrected chi connectivity index (χ1v) is 12.9. The van der Waals surface area contributed by atoms with Crippen LogP contribution in [-0.4, -0.2) is 61.8 Å². The molecule has 0 bridgehead atoms. The largest absolute Gasteiger partial charge is 0.493 e. The Morgan fingerprint density at radius 3 is 1.58 bits per heavy atom. The second kappa shape index (κ2) is 14.0. The van der Waals surface area contributed by atoms with Gasteiger partial charge in [-0.05, 0) is 47.5 Å². The highest BCUT2D eigenvalue weighted by atomic mass is 16.6. The number of carbonyl (C=O) groups excluding carboxylic acids is 4. The van der Waals surface area contributed by atoms with E-state index in [-0.39, 0.29) is 22.6 Å². The lowest BCUT2D eigenvalue weighted by molar-refractivity contribution is -0.147. The molecule has 1 amide bonds. The first kappa shape index (κ1) is 32.1. The number of hydrogen-bond donors (Lipinski definition) is 2. The maximum absolute atomic E-state index is 12.9. The van der Waals surface area contributed by atoms with E-state index in [1.54, 1.807) is 0 Å². The summed E-state index contributed by atoms with van der Waals surface area (Å²) >= 11 is 0. The minimum Gasteiger partial charge on any atom is -0.493 e. The van der Waals surface area contributed by atoms with Crippen molar-refractivity contribution in [2.24, 2.45) is 0 Å². The Morgan fingerprint density at radius 1 is 0.698 bits per heavy atom. The summed E-state index contributed by atoms with van der Waals surface area (Å²) in [6.07, 6.45) is 0.684. The molecule has 226 valence electrons. The number of ether oxygens (including phenoxy) is 5. The standard InChI is InChI=1S/C21H21NO6.C10H10O5/c1-13(23)28-18-10-14(8-9-17(18)26-2)19(24)22-21(20(25)27-3)11-15-6-4-5-7-16(15)12-21;1-6(11)15-9-5-7(10(12)13)3-4-8(9)14-2/h4-10H,11-12H2,1-3H3,(H,22,24);3-5H,1-2H3,(H,12,13). The number of carboxylic acids is 1. The summed E-state index contributed by atoms with van der Waals surface area (Å²) in [4.78, 5) is 58.2. The molecule has 3 aromatic rings. The molecule has 0 aromatic heterocycles. The number of carboxylic acid groups (broad SMARTS) is 1. The molecule has 0 saturated carbocycles. The van der Waals surface area contributed by atoms with Crippen LogP contribution in [0.15, 0.2) is 60.7 Å². The van der Waals surface area contributed by atoms with Gasteiger partial charge in [-0.1, -0.05) is 24.3 Å². The van der Waals surface area contributed by atoms with Crippen LogP contribution in [0, 0.1) is 0 Å². The molecule has 2 N–H and O–H groups in total. The van der Waals surface area contributed by atoms with E-state index in [1.807, 2.05) is 24.3 Å². The van der Waals surface area contributed by atoms with Crippen LogP contribution in [0.3, 0.4) is 0 Å². The molecule has 0 fully saturated rings. The van der Waals surface area contributed by atoms with Gasteiger partial charge in [0.2, 0.25) is 0 Å². The average Bonchev–Trinajstić information content (AvgIpc) is 3.35. The predicted molar refractivity (Wildman–Crippen MR) is 152 cm³/mol. The smallest absolute Gasteiger partial charge is 0.335 e. The molecule has 0 unspecified atom stereocenters. The van der Waals surface area contributed by atoms with Crippen molar-refractivity contribution >= 4 is 29.8 Å². The van der Waals surface area contributed by atoms with Crippen molar-refractivity contribution in [1.29, 1.82) is 0 Å². The first-order chi connectivity index (χ1) is 20.4. The topological polar surface area (TPSA) is 164 Å². The maximum Gasteiger partial charge on any atom is 0.335 e. The normalized spacial score (nSPS) is 12.4. The van der Waals surface area contributed by atoms with Gasteiger partial charge in [0.15, 0.2) is 23.0 Å². The van der Waals surface area contributed by atoms with Crippen LogP contribution in [0.1, 0.15) is 45.7 Å². The van der Waals surface area contributed by atoms with Gasteiger partial charge in [-0.15, -0.1) is 0 Å². The summed E-state index contributed by atoms with van der Waals surface area (Å²) < 4.78 is 24.9. The molecule has 0 saturated heterocycles. The van der Waals surface area contributed by atoms with E-state index in [2.05, 4.69) is 5.32 Å². The summed E-state index contributed by atoms with van der Waals surface area (Å²) in [6, 6.07) is 16.2. The molecule has 43 heavy (non-hydrogen) atoms. The van der Waals surface area contributed by atoms with Gasteiger partial charge in [0.1, 0.15) is 5.54 Å². The third-order valence-corrected chi connectivity index (χ3v) is 6.38. The van der Waals surface area contributed by atoms with E-state index in [0.29, 0.717) is 24.3 Å². The Labute approximate surface area is 247 Å². The highest BCUT2D eigenvalue weighted by Gasteiger charge is 2.46. The van der Waals surface area contributed by atoms with Gasteiger partial charge in [0.25, 0.3) is 5.91 Å². The van der Waals surface area contributed by atoms with Crippen LogP contribution in [0.4, 0.5) is 0 Å². The Hall–Kier alpha value is -5.39. The summed E-state index contributed by atoms with van der Waals surface area (Å²) in [7, 11) is 4.14. The number of amides is 1. The van der Waals surface area contributed by atoms with Crippen molar-refractivity contribution in [3.05, 3.63) is 82.9 Å². The number of fused-ring (bicyclic) bond motifs is 1. The number of rotatable bonds is 8. The number of methoxy groups -OCH3 is 3. The van der Waals surface area contributed by atoms with Crippen molar-refractivity contribution in [2.45, 2.75) is 32.2 Å². The number of nitrogens with one attached hydrogen (secondary N) is 1. The van der Waals surface area contributed by atoms with Crippen LogP contribution in [0.5, 0.6) is 23.0 Å². The van der Waals surface area contributed by atoms with Crippen LogP contribution in [-0.2, 0) is 32.0 Å². The van der Waals surface area contributed by atoms with Crippen molar-refractivity contribution in [3.8, 4) is 23.0 Å². The molecule has 0 aliphatic heterocycles.